The molecule has 12 nitrogen and oxygen atoms in total. The molecule has 0 radical (unpaired) electrons. The number of nitrogens with one attached hydrogen (secondary N) is 1. The van der Waals surface area contributed by atoms with Crippen LogP contribution in [-0.2, 0) is 24.5 Å². The fourth-order valence-electron chi connectivity index (χ4n) is 4.81. The molecule has 2 unspecified atom stereocenters. The molecule has 2 atom stereocenters. The van der Waals surface area contributed by atoms with Crippen molar-refractivity contribution >= 4 is 29.8 Å². The smallest absolute Gasteiger partial charge is 0.404 e. The molecule has 3 rings (SSSR count). The number of barbiturate groups is 1. The first-order chi connectivity index (χ1) is 21.6. The fraction of sp³-hybridized carbons (Fsp3) is 0.485. The van der Waals surface area contributed by atoms with E-state index in [9.17, 15) is 24.0 Å². The highest BCUT2D eigenvalue weighted by atomic mass is 16.6. The van der Waals surface area contributed by atoms with E-state index in [1.165, 1.54) is 12.8 Å². The molecule has 2 aromatic rings. The second kappa shape index (κ2) is 19.0. The lowest BCUT2D eigenvalue weighted by Gasteiger charge is -2.39. The van der Waals surface area contributed by atoms with E-state index in [0.717, 1.165) is 30.6 Å². The number of ether oxygens (including phenoxy) is 3. The van der Waals surface area contributed by atoms with Crippen molar-refractivity contribution < 1.29 is 38.2 Å². The Morgan fingerprint density at radius 3 is 2.16 bits per heavy atom. The van der Waals surface area contributed by atoms with Crippen LogP contribution in [-0.4, -0.2) is 67.2 Å². The third-order valence-electron chi connectivity index (χ3n) is 7.28. The van der Waals surface area contributed by atoms with Crippen molar-refractivity contribution in [1.82, 2.24) is 10.2 Å². The number of unbranched alkanes of at least 4 members (excludes halogenated alkanes) is 4. The first-order valence-electron chi connectivity index (χ1n) is 15.4. The molecular formula is C33H46N4O8. The number of rotatable bonds is 17. The molecule has 1 fully saturated rings. The number of carbonyl (C=O) groups is 5. The minimum absolute atomic E-state index is 0.0294. The number of benzene rings is 2. The van der Waals surface area contributed by atoms with Crippen molar-refractivity contribution in [2.45, 2.75) is 77.2 Å². The Kier molecular flexibility index (Phi) is 15.6. The van der Waals surface area contributed by atoms with Crippen LogP contribution in [0.5, 0.6) is 5.75 Å². The van der Waals surface area contributed by atoms with Crippen molar-refractivity contribution in [3.8, 4) is 5.75 Å². The lowest BCUT2D eigenvalue weighted by molar-refractivity contribution is -0.146. The molecule has 0 aliphatic carbocycles. The van der Waals surface area contributed by atoms with Crippen molar-refractivity contribution in [3.63, 3.8) is 0 Å². The number of carbonyl (C=O) groups excluding carboxylic acids is 5. The molecule has 45 heavy (non-hydrogen) atoms. The van der Waals surface area contributed by atoms with Gasteiger partial charge in [0.05, 0.1) is 25.3 Å². The number of imide groups is 2. The zero-order valence-electron chi connectivity index (χ0n) is 26.4. The molecule has 0 bridgehead atoms. The van der Waals surface area contributed by atoms with E-state index in [1.807, 2.05) is 13.0 Å². The Morgan fingerprint density at radius 1 is 0.867 bits per heavy atom. The van der Waals surface area contributed by atoms with E-state index >= 15 is 0 Å². The molecule has 5 N–H and O–H groups in total. The Morgan fingerprint density at radius 2 is 1.53 bits per heavy atom. The van der Waals surface area contributed by atoms with Crippen molar-refractivity contribution in [3.05, 3.63) is 65.7 Å². The molecule has 12 heteroatoms. The third-order valence-corrected chi connectivity index (χ3v) is 7.28. The van der Waals surface area contributed by atoms with Crippen LogP contribution in [0.1, 0.15) is 81.6 Å². The van der Waals surface area contributed by atoms with E-state index in [1.54, 1.807) is 55.5 Å². The monoisotopic (exact) mass is 626 g/mol. The number of amides is 6. The normalized spacial score (nSPS) is 16.7. The Bertz CT molecular complexity index is 1270. The molecule has 0 spiro atoms. The van der Waals surface area contributed by atoms with Gasteiger partial charge in [-0.2, -0.15) is 0 Å². The molecule has 1 heterocycles. The zero-order chi connectivity index (χ0) is 33.2. The van der Waals surface area contributed by atoms with Crippen LogP contribution >= 0.6 is 0 Å². The Hall–Kier alpha value is -4.45. The topological polar surface area (TPSA) is 180 Å². The Balaban J connectivity index is 0.000000372. The van der Waals surface area contributed by atoms with E-state index in [4.69, 9.17) is 25.7 Å². The third kappa shape index (κ3) is 10.6. The van der Waals surface area contributed by atoms with E-state index in [2.05, 4.69) is 12.2 Å². The summed E-state index contributed by atoms with van der Waals surface area (Å²) in [7, 11) is 0. The minimum Gasteiger partial charge on any atom is -0.493 e. The van der Waals surface area contributed by atoms with Crippen molar-refractivity contribution in [2.24, 2.45) is 11.5 Å². The minimum atomic E-state index is -1.55. The fourth-order valence-corrected chi connectivity index (χ4v) is 4.81. The van der Waals surface area contributed by atoms with Crippen LogP contribution in [0.15, 0.2) is 54.6 Å². The lowest BCUT2D eigenvalue weighted by Crippen LogP contribution is -2.67. The van der Waals surface area contributed by atoms with Crippen LogP contribution in [0.25, 0.3) is 0 Å². The average molecular weight is 627 g/mol. The number of hydrogen-bond donors (Lipinski definition) is 3. The van der Waals surface area contributed by atoms with Gasteiger partial charge in [-0.1, -0.05) is 88.9 Å². The van der Waals surface area contributed by atoms with Crippen molar-refractivity contribution in [1.29, 1.82) is 0 Å². The molecule has 2 aromatic carbocycles. The van der Waals surface area contributed by atoms with E-state index < -0.39 is 41.4 Å². The molecule has 0 saturated carbocycles. The van der Waals surface area contributed by atoms with Gasteiger partial charge in [0, 0.05) is 6.61 Å². The highest BCUT2D eigenvalue weighted by Gasteiger charge is 2.54. The van der Waals surface area contributed by atoms with Gasteiger partial charge in [0.2, 0.25) is 5.91 Å². The van der Waals surface area contributed by atoms with Gasteiger partial charge in [-0.05, 0) is 37.0 Å². The van der Waals surface area contributed by atoms with Gasteiger partial charge in [-0.25, -0.2) is 9.59 Å². The average Bonchev–Trinajstić information content (AvgIpc) is 3.02. The molecular weight excluding hydrogens is 580 g/mol. The number of primary amides is 2. The van der Waals surface area contributed by atoms with Gasteiger partial charge in [0.25, 0.3) is 11.8 Å². The van der Waals surface area contributed by atoms with E-state index in [0.29, 0.717) is 30.1 Å². The molecule has 1 aliphatic rings. The molecule has 0 aromatic heterocycles. The second-order valence-corrected chi connectivity index (χ2v) is 10.6. The summed E-state index contributed by atoms with van der Waals surface area (Å²) in [5, 5.41) is 2.25. The maximum Gasteiger partial charge on any atom is 0.404 e. The number of nitrogens with two attached hydrogens (primary N) is 2. The molecule has 246 valence electrons. The van der Waals surface area contributed by atoms with Crippen LogP contribution in [0, 0.1) is 0 Å². The largest absolute Gasteiger partial charge is 0.493 e. The predicted octanol–water partition coefficient (Wildman–Crippen LogP) is 4.44. The summed E-state index contributed by atoms with van der Waals surface area (Å²) >= 11 is 0. The van der Waals surface area contributed by atoms with Gasteiger partial charge >= 0.3 is 12.1 Å². The standard InChI is InChI=1S/C20H27N3O6.C13H19NO2/c1-3-5-11-28-13-15(29-18(21)26)12-23-17(25)20(4-2,16(24)22-19(23)27)14-9-7-6-8-10-14;1-2-3-4-7-10-16-12-9-6-5-8-11(12)13(14)15/h6-10,15H,3-5,11-13H2,1-2H3,(H2,21,26)(H,22,24,27);5-6,8-9H,2-4,7,10H2,1H3,(H2,14,15). The summed E-state index contributed by atoms with van der Waals surface area (Å²) in [6, 6.07) is 14.8. The second-order valence-electron chi connectivity index (χ2n) is 10.6. The quantitative estimate of drug-likeness (QED) is 0.170. The number of urea groups is 1. The van der Waals surface area contributed by atoms with E-state index in [-0.39, 0.29) is 19.6 Å². The number of nitrogens with zero attached hydrogens (tertiary/aromatic N) is 1. The summed E-state index contributed by atoms with van der Waals surface area (Å²) < 4.78 is 16.0. The van der Waals surface area contributed by atoms with Crippen LogP contribution in [0.4, 0.5) is 9.59 Å². The summed E-state index contributed by atoms with van der Waals surface area (Å²) in [4.78, 5) is 61.7. The maximum atomic E-state index is 13.3. The van der Waals surface area contributed by atoms with Gasteiger partial charge < -0.3 is 25.7 Å². The summed E-state index contributed by atoms with van der Waals surface area (Å²) in [5.74, 6) is -1.20. The molecule has 6 amide bonds. The molecule has 1 aliphatic heterocycles. The highest BCUT2D eigenvalue weighted by Crippen LogP contribution is 2.33. The summed E-state index contributed by atoms with van der Waals surface area (Å²) in [6.45, 7) is 6.65. The van der Waals surface area contributed by atoms with Crippen LogP contribution < -0.4 is 21.5 Å². The number of hydrogen-bond acceptors (Lipinski definition) is 8. The predicted molar refractivity (Wildman–Crippen MR) is 168 cm³/mol. The van der Waals surface area contributed by atoms with Crippen LogP contribution in [0.2, 0.25) is 0 Å². The first kappa shape index (κ1) is 36.7. The summed E-state index contributed by atoms with van der Waals surface area (Å²) in [5.41, 5.74) is 9.75. The first-order valence-corrected chi connectivity index (χ1v) is 15.4. The SMILES string of the molecule is CCCCCCOc1ccccc1C(N)=O.CCCCOCC(CN1C(=O)NC(=O)C(CC)(c2ccccc2)C1=O)OC(N)=O. The molecule has 1 saturated heterocycles. The van der Waals surface area contributed by atoms with Gasteiger partial charge in [-0.15, -0.1) is 0 Å². The maximum absolute atomic E-state index is 13.3. The van der Waals surface area contributed by atoms with Crippen LogP contribution in [0.3, 0.4) is 0 Å². The zero-order valence-corrected chi connectivity index (χ0v) is 26.4. The number of para-hydroxylation sites is 1. The summed E-state index contributed by atoms with van der Waals surface area (Å²) in [6.07, 6.45) is 4.51. The van der Waals surface area contributed by atoms with Crippen molar-refractivity contribution in [2.75, 3.05) is 26.4 Å². The van der Waals surface area contributed by atoms with Gasteiger partial charge in [-0.3, -0.25) is 24.6 Å². The van der Waals surface area contributed by atoms with Gasteiger partial charge in [0.15, 0.2) is 5.41 Å². The van der Waals surface area contributed by atoms with Gasteiger partial charge in [0.1, 0.15) is 11.9 Å². The lowest BCUT2D eigenvalue weighted by atomic mass is 9.74. The Labute approximate surface area is 264 Å². The highest BCUT2D eigenvalue weighted by molar-refractivity contribution is 6.22.